The van der Waals surface area contributed by atoms with Crippen LogP contribution in [0.1, 0.15) is 11.3 Å². The summed E-state index contributed by atoms with van der Waals surface area (Å²) in [5.41, 5.74) is 1.83. The van der Waals surface area contributed by atoms with Gasteiger partial charge in [0.2, 0.25) is 0 Å². The Kier molecular flexibility index (Phi) is 5.47. The van der Waals surface area contributed by atoms with E-state index < -0.39 is 5.82 Å². The van der Waals surface area contributed by atoms with Gasteiger partial charge in [-0.2, -0.15) is 0 Å². The number of aryl methyl sites for hydroxylation is 1. The fraction of sp³-hybridized carbons (Fsp3) is 0.0833. The lowest BCUT2D eigenvalue weighted by Gasteiger charge is -2.14. The van der Waals surface area contributed by atoms with Gasteiger partial charge >= 0.3 is 0 Å². The zero-order chi connectivity index (χ0) is 23.1. The molecule has 5 aromatic rings. The first-order valence-corrected chi connectivity index (χ1v) is 11.4. The number of para-hydroxylation sites is 1. The SMILES string of the molecule is Cc1ccc(-n2c(SCc3cc(=O)n4cc(Cl)ccc4n3)nc3ccccc3c2=O)cc1F. The maximum Gasteiger partial charge on any atom is 0.266 e. The molecule has 0 fully saturated rings. The summed E-state index contributed by atoms with van der Waals surface area (Å²) in [6.07, 6.45) is 1.51. The highest BCUT2D eigenvalue weighted by Gasteiger charge is 2.15. The molecule has 0 spiro atoms. The fourth-order valence-corrected chi connectivity index (χ4v) is 4.56. The Labute approximate surface area is 196 Å². The molecule has 0 amide bonds. The molecule has 0 bridgehead atoms. The summed E-state index contributed by atoms with van der Waals surface area (Å²) in [6.45, 7) is 1.66. The van der Waals surface area contributed by atoms with Gasteiger partial charge in [0.15, 0.2) is 5.16 Å². The predicted molar refractivity (Wildman–Crippen MR) is 128 cm³/mol. The Balaban J connectivity index is 1.61. The Morgan fingerprint density at radius 1 is 1.03 bits per heavy atom. The summed E-state index contributed by atoms with van der Waals surface area (Å²) < 4.78 is 17.1. The third-order valence-electron chi connectivity index (χ3n) is 5.18. The van der Waals surface area contributed by atoms with E-state index in [0.29, 0.717) is 43.7 Å². The summed E-state index contributed by atoms with van der Waals surface area (Å²) in [7, 11) is 0. The van der Waals surface area contributed by atoms with Crippen molar-refractivity contribution < 1.29 is 4.39 Å². The second kappa shape index (κ2) is 8.46. The maximum atomic E-state index is 14.3. The van der Waals surface area contributed by atoms with Crippen molar-refractivity contribution >= 4 is 39.9 Å². The van der Waals surface area contributed by atoms with Crippen LogP contribution in [-0.4, -0.2) is 18.9 Å². The van der Waals surface area contributed by atoms with E-state index in [1.54, 1.807) is 55.5 Å². The number of hydrogen-bond donors (Lipinski definition) is 0. The zero-order valence-electron chi connectivity index (χ0n) is 17.3. The molecule has 0 unspecified atom stereocenters. The topological polar surface area (TPSA) is 69.3 Å². The largest absolute Gasteiger partial charge is 0.269 e. The van der Waals surface area contributed by atoms with Gasteiger partial charge in [-0.05, 0) is 48.9 Å². The van der Waals surface area contributed by atoms with Crippen LogP contribution in [0.2, 0.25) is 5.02 Å². The van der Waals surface area contributed by atoms with Crippen LogP contribution < -0.4 is 11.1 Å². The summed E-state index contributed by atoms with van der Waals surface area (Å²) in [5, 5.41) is 1.24. The smallest absolute Gasteiger partial charge is 0.266 e. The van der Waals surface area contributed by atoms with Gasteiger partial charge in [0.05, 0.1) is 27.3 Å². The standard InChI is InChI=1S/C24H16ClFN4O2S/c1-14-6-8-17(11-19(14)26)30-23(32)18-4-2-3-5-20(18)28-24(30)33-13-16-10-22(31)29-12-15(25)7-9-21(29)27-16/h2-12H,13H2,1H3. The molecular formula is C24H16ClFN4O2S. The molecule has 0 aliphatic carbocycles. The van der Waals surface area contributed by atoms with Gasteiger partial charge < -0.3 is 0 Å². The lowest BCUT2D eigenvalue weighted by molar-refractivity contribution is 0.615. The highest BCUT2D eigenvalue weighted by atomic mass is 35.5. The number of aromatic nitrogens is 4. The van der Waals surface area contributed by atoms with Gasteiger partial charge in [-0.3, -0.25) is 18.6 Å². The van der Waals surface area contributed by atoms with E-state index in [0.717, 1.165) is 0 Å². The monoisotopic (exact) mass is 478 g/mol. The fourth-order valence-electron chi connectivity index (χ4n) is 3.50. The Hall–Kier alpha value is -3.49. The van der Waals surface area contributed by atoms with Crippen molar-refractivity contribution in [3.8, 4) is 5.69 Å². The highest BCUT2D eigenvalue weighted by molar-refractivity contribution is 7.98. The Morgan fingerprint density at radius 3 is 2.67 bits per heavy atom. The van der Waals surface area contributed by atoms with E-state index in [9.17, 15) is 14.0 Å². The number of hydrogen-bond acceptors (Lipinski definition) is 5. The molecule has 0 N–H and O–H groups in total. The molecule has 3 heterocycles. The quantitative estimate of drug-likeness (QED) is 0.274. The predicted octanol–water partition coefficient (Wildman–Crippen LogP) is 4.79. The molecule has 0 radical (unpaired) electrons. The first-order valence-electron chi connectivity index (χ1n) is 10.00. The minimum absolute atomic E-state index is 0.262. The minimum atomic E-state index is -0.411. The van der Waals surface area contributed by atoms with Crippen molar-refractivity contribution in [2.24, 2.45) is 0 Å². The molecule has 2 aromatic carbocycles. The third-order valence-corrected chi connectivity index (χ3v) is 6.38. The van der Waals surface area contributed by atoms with Crippen molar-refractivity contribution in [2.45, 2.75) is 17.8 Å². The minimum Gasteiger partial charge on any atom is -0.269 e. The van der Waals surface area contributed by atoms with E-state index in [2.05, 4.69) is 9.97 Å². The van der Waals surface area contributed by atoms with Gasteiger partial charge in [-0.15, -0.1) is 0 Å². The first-order chi connectivity index (χ1) is 15.9. The van der Waals surface area contributed by atoms with Crippen LogP contribution in [-0.2, 0) is 5.75 Å². The van der Waals surface area contributed by atoms with E-state index in [1.807, 2.05) is 0 Å². The van der Waals surface area contributed by atoms with Crippen molar-refractivity contribution in [2.75, 3.05) is 0 Å². The molecule has 9 heteroatoms. The second-order valence-electron chi connectivity index (χ2n) is 7.44. The number of rotatable bonds is 4. The molecule has 33 heavy (non-hydrogen) atoms. The lowest BCUT2D eigenvalue weighted by atomic mass is 10.2. The number of benzene rings is 2. The Morgan fingerprint density at radius 2 is 1.85 bits per heavy atom. The normalized spacial score (nSPS) is 11.4. The molecular weight excluding hydrogens is 463 g/mol. The van der Waals surface area contributed by atoms with Gasteiger partial charge in [0, 0.05) is 18.0 Å². The molecule has 164 valence electrons. The molecule has 0 aliphatic heterocycles. The van der Waals surface area contributed by atoms with Crippen LogP contribution in [0.15, 0.2) is 81.6 Å². The summed E-state index contributed by atoms with van der Waals surface area (Å²) >= 11 is 7.22. The van der Waals surface area contributed by atoms with Crippen LogP contribution in [0.5, 0.6) is 0 Å². The molecule has 0 atom stereocenters. The number of nitrogens with zero attached hydrogens (tertiary/aromatic N) is 4. The van der Waals surface area contributed by atoms with Crippen LogP contribution in [0.3, 0.4) is 0 Å². The van der Waals surface area contributed by atoms with Crippen LogP contribution >= 0.6 is 23.4 Å². The van der Waals surface area contributed by atoms with E-state index >= 15 is 0 Å². The maximum absolute atomic E-state index is 14.3. The van der Waals surface area contributed by atoms with Crippen molar-refractivity contribution in [3.05, 3.63) is 110 Å². The number of pyridine rings is 1. The molecule has 3 aromatic heterocycles. The average molecular weight is 479 g/mol. The third kappa shape index (κ3) is 4.03. The average Bonchev–Trinajstić information content (AvgIpc) is 2.80. The number of fused-ring (bicyclic) bond motifs is 2. The molecule has 0 saturated carbocycles. The highest BCUT2D eigenvalue weighted by Crippen LogP contribution is 2.25. The van der Waals surface area contributed by atoms with Crippen molar-refractivity contribution in [3.63, 3.8) is 0 Å². The van der Waals surface area contributed by atoms with Gasteiger partial charge in [-0.1, -0.05) is 41.6 Å². The van der Waals surface area contributed by atoms with Gasteiger partial charge in [0.1, 0.15) is 11.5 Å². The first kappa shape index (κ1) is 21.4. The van der Waals surface area contributed by atoms with E-state index in [-0.39, 0.29) is 16.9 Å². The van der Waals surface area contributed by atoms with Crippen molar-refractivity contribution in [1.29, 1.82) is 0 Å². The number of halogens is 2. The molecule has 0 saturated heterocycles. The Bertz CT molecular complexity index is 1670. The zero-order valence-corrected chi connectivity index (χ0v) is 18.9. The van der Waals surface area contributed by atoms with Gasteiger partial charge in [-0.25, -0.2) is 14.4 Å². The van der Waals surface area contributed by atoms with Crippen molar-refractivity contribution in [1.82, 2.24) is 18.9 Å². The molecule has 5 rings (SSSR count). The summed E-state index contributed by atoms with van der Waals surface area (Å²) in [5.74, 6) is -0.126. The summed E-state index contributed by atoms with van der Waals surface area (Å²) in [6, 6.07) is 16.4. The summed E-state index contributed by atoms with van der Waals surface area (Å²) in [4.78, 5) is 35.0. The van der Waals surface area contributed by atoms with Gasteiger partial charge in [0.25, 0.3) is 11.1 Å². The number of thioether (sulfide) groups is 1. The molecule has 6 nitrogen and oxygen atoms in total. The van der Waals surface area contributed by atoms with Crippen LogP contribution in [0.4, 0.5) is 4.39 Å². The van der Waals surface area contributed by atoms with Crippen LogP contribution in [0.25, 0.3) is 22.2 Å². The van der Waals surface area contributed by atoms with Crippen LogP contribution in [0, 0.1) is 12.7 Å². The second-order valence-corrected chi connectivity index (χ2v) is 8.81. The molecule has 0 aliphatic rings. The lowest BCUT2D eigenvalue weighted by Crippen LogP contribution is -2.22. The van der Waals surface area contributed by atoms with E-state index in [1.165, 1.54) is 39.1 Å². The van der Waals surface area contributed by atoms with E-state index in [4.69, 9.17) is 11.6 Å².